The molecule has 4 aromatic rings. The molecule has 0 fully saturated rings. The van der Waals surface area contributed by atoms with Gasteiger partial charge in [0.1, 0.15) is 11.6 Å². The molecule has 27 heavy (non-hydrogen) atoms. The van der Waals surface area contributed by atoms with Gasteiger partial charge in [-0.1, -0.05) is 43.3 Å². The fourth-order valence-corrected chi connectivity index (χ4v) is 3.51. The predicted octanol–water partition coefficient (Wildman–Crippen LogP) is 4.36. The largest absolute Gasteiger partial charge is 0.340 e. The van der Waals surface area contributed by atoms with Gasteiger partial charge in [-0.25, -0.2) is 9.97 Å². The van der Waals surface area contributed by atoms with Crippen LogP contribution in [0.1, 0.15) is 25.5 Å². The highest BCUT2D eigenvalue weighted by Gasteiger charge is 2.15. The SMILES string of the molecule is C=C(C)CN(CC)Cc1nc2ccccc2n1Cc1nc2ccccc2[nH]1. The number of hydrogen-bond donors (Lipinski definition) is 1. The van der Waals surface area contributed by atoms with Crippen LogP contribution in [0.5, 0.6) is 0 Å². The molecule has 5 heteroatoms. The summed E-state index contributed by atoms with van der Waals surface area (Å²) in [5.74, 6) is 2.00. The molecule has 0 atom stereocenters. The number of likely N-dealkylation sites (N-methyl/N-ethyl adjacent to an activating group) is 1. The number of H-pyrrole nitrogens is 1. The van der Waals surface area contributed by atoms with Gasteiger partial charge in [0.15, 0.2) is 0 Å². The molecule has 0 bridgehead atoms. The lowest BCUT2D eigenvalue weighted by molar-refractivity contribution is 0.293. The topological polar surface area (TPSA) is 49.7 Å². The maximum atomic E-state index is 4.91. The van der Waals surface area contributed by atoms with Crippen molar-refractivity contribution in [2.45, 2.75) is 26.9 Å². The van der Waals surface area contributed by atoms with Crippen molar-refractivity contribution in [1.82, 2.24) is 24.4 Å². The van der Waals surface area contributed by atoms with Crippen molar-refractivity contribution in [3.63, 3.8) is 0 Å². The highest BCUT2D eigenvalue weighted by molar-refractivity contribution is 5.77. The molecule has 0 unspecified atom stereocenters. The van der Waals surface area contributed by atoms with Gasteiger partial charge in [0, 0.05) is 6.54 Å². The smallest absolute Gasteiger partial charge is 0.127 e. The first-order chi connectivity index (χ1) is 13.1. The Morgan fingerprint density at radius 2 is 1.81 bits per heavy atom. The number of rotatable bonds is 7. The lowest BCUT2D eigenvalue weighted by atomic mass is 10.3. The van der Waals surface area contributed by atoms with Gasteiger partial charge in [0.05, 0.1) is 35.2 Å². The molecule has 0 aliphatic carbocycles. The van der Waals surface area contributed by atoms with E-state index in [1.165, 1.54) is 0 Å². The van der Waals surface area contributed by atoms with Crippen molar-refractivity contribution in [2.75, 3.05) is 13.1 Å². The zero-order valence-corrected chi connectivity index (χ0v) is 15.9. The van der Waals surface area contributed by atoms with E-state index in [1.807, 2.05) is 24.3 Å². The molecule has 0 saturated heterocycles. The second kappa shape index (κ2) is 7.37. The minimum absolute atomic E-state index is 0.676. The summed E-state index contributed by atoms with van der Waals surface area (Å²) >= 11 is 0. The molecule has 2 heterocycles. The molecule has 5 nitrogen and oxygen atoms in total. The molecule has 2 aromatic carbocycles. The number of imidazole rings is 2. The molecule has 138 valence electrons. The lowest BCUT2D eigenvalue weighted by Crippen LogP contribution is -2.26. The van der Waals surface area contributed by atoms with Gasteiger partial charge in [-0.3, -0.25) is 4.90 Å². The van der Waals surface area contributed by atoms with E-state index in [0.717, 1.165) is 58.9 Å². The predicted molar refractivity (Wildman–Crippen MR) is 111 cm³/mol. The van der Waals surface area contributed by atoms with Crippen LogP contribution in [-0.4, -0.2) is 37.5 Å². The first-order valence-corrected chi connectivity index (χ1v) is 9.38. The van der Waals surface area contributed by atoms with E-state index in [4.69, 9.17) is 9.97 Å². The lowest BCUT2D eigenvalue weighted by Gasteiger charge is -2.20. The minimum Gasteiger partial charge on any atom is -0.340 e. The third-order valence-electron chi connectivity index (χ3n) is 4.79. The van der Waals surface area contributed by atoms with Gasteiger partial charge in [-0.2, -0.15) is 0 Å². The molecule has 1 N–H and O–H groups in total. The first-order valence-electron chi connectivity index (χ1n) is 9.38. The highest BCUT2D eigenvalue weighted by Crippen LogP contribution is 2.20. The van der Waals surface area contributed by atoms with Gasteiger partial charge >= 0.3 is 0 Å². The van der Waals surface area contributed by atoms with Crippen molar-refractivity contribution in [2.24, 2.45) is 0 Å². The average Bonchev–Trinajstić information content (AvgIpc) is 3.22. The molecule has 0 aliphatic rings. The van der Waals surface area contributed by atoms with Crippen LogP contribution in [0.3, 0.4) is 0 Å². The van der Waals surface area contributed by atoms with E-state index >= 15 is 0 Å². The molecular formula is C22H25N5. The molecule has 0 saturated carbocycles. The summed E-state index contributed by atoms with van der Waals surface area (Å²) in [6, 6.07) is 16.4. The molecule has 2 aromatic heterocycles. The van der Waals surface area contributed by atoms with Gasteiger partial charge in [0.2, 0.25) is 0 Å². The van der Waals surface area contributed by atoms with Crippen molar-refractivity contribution < 1.29 is 0 Å². The Kier molecular flexibility index (Phi) is 4.77. The van der Waals surface area contributed by atoms with E-state index in [-0.39, 0.29) is 0 Å². The fourth-order valence-electron chi connectivity index (χ4n) is 3.51. The Labute approximate surface area is 159 Å². The van der Waals surface area contributed by atoms with Crippen LogP contribution in [0, 0.1) is 0 Å². The average molecular weight is 359 g/mol. The fraction of sp³-hybridized carbons (Fsp3) is 0.273. The molecule has 0 aliphatic heterocycles. The Balaban J connectivity index is 1.72. The van der Waals surface area contributed by atoms with Crippen LogP contribution in [0.4, 0.5) is 0 Å². The number of aromatic amines is 1. The second-order valence-corrected chi connectivity index (χ2v) is 7.06. The van der Waals surface area contributed by atoms with Crippen molar-refractivity contribution in [3.05, 3.63) is 72.3 Å². The summed E-state index contributed by atoms with van der Waals surface area (Å²) < 4.78 is 2.27. The molecule has 4 rings (SSSR count). The number of nitrogens with one attached hydrogen (secondary N) is 1. The van der Waals surface area contributed by atoms with E-state index < -0.39 is 0 Å². The summed E-state index contributed by atoms with van der Waals surface area (Å²) in [6.07, 6.45) is 0. The zero-order valence-electron chi connectivity index (χ0n) is 15.9. The maximum Gasteiger partial charge on any atom is 0.127 e. The van der Waals surface area contributed by atoms with Gasteiger partial charge in [-0.15, -0.1) is 0 Å². The van der Waals surface area contributed by atoms with Gasteiger partial charge in [0.25, 0.3) is 0 Å². The van der Waals surface area contributed by atoms with Crippen molar-refractivity contribution >= 4 is 22.1 Å². The van der Waals surface area contributed by atoms with Gasteiger partial charge < -0.3 is 9.55 Å². The quantitative estimate of drug-likeness (QED) is 0.499. The normalized spacial score (nSPS) is 11.7. The Bertz CT molecular complexity index is 1060. The van der Waals surface area contributed by atoms with Gasteiger partial charge in [-0.05, 0) is 37.7 Å². The highest BCUT2D eigenvalue weighted by atomic mass is 15.2. The molecule has 0 amide bonds. The Hall–Kier alpha value is -2.92. The third-order valence-corrected chi connectivity index (χ3v) is 4.79. The molecular weight excluding hydrogens is 334 g/mol. The number of nitrogens with zero attached hydrogens (tertiary/aromatic N) is 4. The number of benzene rings is 2. The van der Waals surface area contributed by atoms with Crippen LogP contribution < -0.4 is 0 Å². The maximum absolute atomic E-state index is 4.91. The first kappa shape index (κ1) is 17.5. The summed E-state index contributed by atoms with van der Waals surface area (Å²) in [4.78, 5) is 15.5. The summed E-state index contributed by atoms with van der Waals surface area (Å²) in [6.45, 7) is 11.6. The van der Waals surface area contributed by atoms with Crippen LogP contribution in [0.25, 0.3) is 22.1 Å². The van der Waals surface area contributed by atoms with Crippen molar-refractivity contribution in [1.29, 1.82) is 0 Å². The van der Waals surface area contributed by atoms with E-state index in [0.29, 0.717) is 6.54 Å². The summed E-state index contributed by atoms with van der Waals surface area (Å²) in [5.41, 5.74) is 5.39. The van der Waals surface area contributed by atoms with Crippen LogP contribution in [-0.2, 0) is 13.1 Å². The Morgan fingerprint density at radius 1 is 1.07 bits per heavy atom. The van der Waals surface area contributed by atoms with Crippen molar-refractivity contribution in [3.8, 4) is 0 Å². The second-order valence-electron chi connectivity index (χ2n) is 7.06. The number of fused-ring (bicyclic) bond motifs is 2. The summed E-state index contributed by atoms with van der Waals surface area (Å²) in [5, 5.41) is 0. The van der Waals surface area contributed by atoms with Crippen LogP contribution in [0.2, 0.25) is 0 Å². The van der Waals surface area contributed by atoms with E-state index in [9.17, 15) is 0 Å². The molecule has 0 radical (unpaired) electrons. The zero-order chi connectivity index (χ0) is 18.8. The number of para-hydroxylation sites is 4. The third kappa shape index (κ3) is 3.64. The van der Waals surface area contributed by atoms with E-state index in [2.05, 4.69) is 59.1 Å². The van der Waals surface area contributed by atoms with E-state index in [1.54, 1.807) is 0 Å². The number of hydrogen-bond acceptors (Lipinski definition) is 3. The Morgan fingerprint density at radius 3 is 2.56 bits per heavy atom. The minimum atomic E-state index is 0.676. The van der Waals surface area contributed by atoms with Crippen LogP contribution >= 0.6 is 0 Å². The summed E-state index contributed by atoms with van der Waals surface area (Å²) in [7, 11) is 0. The molecule has 0 spiro atoms. The number of aromatic nitrogens is 4. The van der Waals surface area contributed by atoms with Crippen LogP contribution in [0.15, 0.2) is 60.7 Å². The standard InChI is InChI=1S/C22H25N5/c1-4-26(13-16(2)3)15-22-25-19-11-7-8-12-20(19)27(22)14-21-23-17-9-5-6-10-18(17)24-21/h5-12H,2,4,13-15H2,1,3H3,(H,23,24). The monoisotopic (exact) mass is 359 g/mol.